The first kappa shape index (κ1) is 8.85. The second kappa shape index (κ2) is 3.99. The Labute approximate surface area is 78.9 Å². The van der Waals surface area contributed by atoms with Gasteiger partial charge in [0.05, 0.1) is 0 Å². The third kappa shape index (κ3) is 2.15. The molecule has 2 aliphatic heterocycles. The van der Waals surface area contributed by atoms with Gasteiger partial charge in [-0.2, -0.15) is 11.8 Å². The van der Waals surface area contributed by atoms with Gasteiger partial charge in [0, 0.05) is 19.1 Å². The van der Waals surface area contributed by atoms with Crippen LogP contribution in [0.1, 0.15) is 12.8 Å². The van der Waals surface area contributed by atoms with Crippen molar-refractivity contribution in [2.24, 2.45) is 11.7 Å². The van der Waals surface area contributed by atoms with E-state index in [1.165, 1.54) is 30.9 Å². The van der Waals surface area contributed by atoms with E-state index in [0.29, 0.717) is 6.04 Å². The van der Waals surface area contributed by atoms with Gasteiger partial charge < -0.3 is 10.6 Å². The maximum absolute atomic E-state index is 5.69. The molecule has 2 N–H and O–H groups in total. The summed E-state index contributed by atoms with van der Waals surface area (Å²) in [6.45, 7) is 3.56. The SMILES string of the molecule is NC1CN(CCCC2CSC2)C1. The van der Waals surface area contributed by atoms with Gasteiger partial charge >= 0.3 is 0 Å². The highest BCUT2D eigenvalue weighted by atomic mass is 32.2. The number of thioether (sulfide) groups is 1. The van der Waals surface area contributed by atoms with Crippen LogP contribution in [0.15, 0.2) is 0 Å². The summed E-state index contributed by atoms with van der Waals surface area (Å²) < 4.78 is 0. The van der Waals surface area contributed by atoms with Crippen LogP contribution in [-0.2, 0) is 0 Å². The number of likely N-dealkylation sites (tertiary alicyclic amines) is 1. The number of rotatable bonds is 4. The largest absolute Gasteiger partial charge is 0.325 e. The van der Waals surface area contributed by atoms with E-state index in [4.69, 9.17) is 5.73 Å². The standard InChI is InChI=1S/C9H18N2S/c10-9-4-11(5-9)3-1-2-8-6-12-7-8/h8-9H,1-7,10H2. The fourth-order valence-electron chi connectivity index (χ4n) is 1.85. The highest BCUT2D eigenvalue weighted by molar-refractivity contribution is 8.00. The van der Waals surface area contributed by atoms with E-state index in [9.17, 15) is 0 Å². The van der Waals surface area contributed by atoms with Crippen molar-refractivity contribution in [3.05, 3.63) is 0 Å². The summed E-state index contributed by atoms with van der Waals surface area (Å²) in [5.74, 6) is 3.88. The molecule has 0 bridgehead atoms. The molecule has 0 aliphatic carbocycles. The van der Waals surface area contributed by atoms with Crippen LogP contribution < -0.4 is 5.73 Å². The second-order valence-corrected chi connectivity index (χ2v) is 5.14. The summed E-state index contributed by atoms with van der Waals surface area (Å²) in [5.41, 5.74) is 5.69. The van der Waals surface area contributed by atoms with Crippen LogP contribution in [0.2, 0.25) is 0 Å². The first-order valence-corrected chi connectivity index (χ1v) is 6.06. The Morgan fingerprint density at radius 1 is 1.33 bits per heavy atom. The van der Waals surface area contributed by atoms with Gasteiger partial charge in [0.2, 0.25) is 0 Å². The van der Waals surface area contributed by atoms with Crippen molar-refractivity contribution < 1.29 is 0 Å². The van der Waals surface area contributed by atoms with Gasteiger partial charge in [-0.3, -0.25) is 0 Å². The number of hydrogen-bond acceptors (Lipinski definition) is 3. The molecule has 2 saturated heterocycles. The molecule has 0 atom stereocenters. The van der Waals surface area contributed by atoms with Crippen LogP contribution in [0.5, 0.6) is 0 Å². The molecule has 2 fully saturated rings. The fraction of sp³-hybridized carbons (Fsp3) is 1.00. The monoisotopic (exact) mass is 186 g/mol. The lowest BCUT2D eigenvalue weighted by Gasteiger charge is -2.37. The molecular formula is C9H18N2S. The lowest BCUT2D eigenvalue weighted by atomic mass is 10.0. The average Bonchev–Trinajstić information content (AvgIpc) is 1.90. The van der Waals surface area contributed by atoms with E-state index in [1.54, 1.807) is 0 Å². The van der Waals surface area contributed by atoms with Crippen LogP contribution in [0.3, 0.4) is 0 Å². The van der Waals surface area contributed by atoms with Gasteiger partial charge in [0.1, 0.15) is 0 Å². The molecule has 2 heterocycles. The maximum Gasteiger partial charge on any atom is 0.0297 e. The normalized spacial score (nSPS) is 26.8. The Hall–Kier alpha value is 0.270. The highest BCUT2D eigenvalue weighted by Crippen LogP contribution is 2.28. The van der Waals surface area contributed by atoms with Crippen LogP contribution in [0.4, 0.5) is 0 Å². The van der Waals surface area contributed by atoms with Crippen molar-refractivity contribution in [3.63, 3.8) is 0 Å². The Morgan fingerprint density at radius 2 is 2.08 bits per heavy atom. The molecule has 2 nitrogen and oxygen atoms in total. The Balaban J connectivity index is 1.46. The Bertz CT molecular complexity index is 141. The zero-order valence-corrected chi connectivity index (χ0v) is 8.35. The van der Waals surface area contributed by atoms with Crippen molar-refractivity contribution in [3.8, 4) is 0 Å². The smallest absolute Gasteiger partial charge is 0.0297 e. The van der Waals surface area contributed by atoms with Crippen LogP contribution in [0, 0.1) is 5.92 Å². The molecule has 0 saturated carbocycles. The quantitative estimate of drug-likeness (QED) is 0.703. The molecule has 2 aliphatic rings. The fourth-order valence-corrected chi connectivity index (χ4v) is 2.75. The van der Waals surface area contributed by atoms with Crippen molar-refractivity contribution in [1.29, 1.82) is 0 Å². The third-order valence-corrected chi connectivity index (χ3v) is 4.19. The maximum atomic E-state index is 5.69. The minimum atomic E-state index is 0.476. The zero-order chi connectivity index (χ0) is 8.39. The molecule has 0 aromatic heterocycles. The molecule has 0 amide bonds. The molecule has 0 radical (unpaired) electrons. The minimum absolute atomic E-state index is 0.476. The molecule has 0 aromatic rings. The summed E-state index contributed by atoms with van der Waals surface area (Å²) >= 11 is 2.09. The van der Waals surface area contributed by atoms with E-state index < -0.39 is 0 Å². The van der Waals surface area contributed by atoms with E-state index >= 15 is 0 Å². The Kier molecular flexibility index (Phi) is 2.94. The summed E-state index contributed by atoms with van der Waals surface area (Å²) in [7, 11) is 0. The molecule has 12 heavy (non-hydrogen) atoms. The molecule has 0 unspecified atom stereocenters. The van der Waals surface area contributed by atoms with Crippen LogP contribution >= 0.6 is 11.8 Å². The van der Waals surface area contributed by atoms with Gasteiger partial charge in [-0.1, -0.05) is 0 Å². The van der Waals surface area contributed by atoms with E-state index in [-0.39, 0.29) is 0 Å². The van der Waals surface area contributed by atoms with Gasteiger partial charge in [-0.05, 0) is 36.8 Å². The van der Waals surface area contributed by atoms with Crippen LogP contribution in [0.25, 0.3) is 0 Å². The summed E-state index contributed by atoms with van der Waals surface area (Å²) in [4.78, 5) is 2.47. The molecule has 70 valence electrons. The predicted molar refractivity (Wildman–Crippen MR) is 54.5 cm³/mol. The van der Waals surface area contributed by atoms with E-state index in [1.807, 2.05) is 0 Å². The minimum Gasteiger partial charge on any atom is -0.325 e. The van der Waals surface area contributed by atoms with Gasteiger partial charge in [-0.15, -0.1) is 0 Å². The molecule has 0 aromatic carbocycles. The molecule has 0 spiro atoms. The Morgan fingerprint density at radius 3 is 2.58 bits per heavy atom. The van der Waals surface area contributed by atoms with Gasteiger partial charge in [0.15, 0.2) is 0 Å². The van der Waals surface area contributed by atoms with Crippen molar-refractivity contribution in [1.82, 2.24) is 4.90 Å². The second-order valence-electron chi connectivity index (χ2n) is 4.07. The highest BCUT2D eigenvalue weighted by Gasteiger charge is 2.23. The molecule has 3 heteroatoms. The number of nitrogens with zero attached hydrogens (tertiary/aromatic N) is 1. The average molecular weight is 186 g/mol. The van der Waals surface area contributed by atoms with E-state index in [2.05, 4.69) is 16.7 Å². The summed E-state index contributed by atoms with van der Waals surface area (Å²) in [5, 5.41) is 0. The lowest BCUT2D eigenvalue weighted by Crippen LogP contribution is -2.55. The van der Waals surface area contributed by atoms with Crippen molar-refractivity contribution in [2.75, 3.05) is 31.1 Å². The number of nitrogens with two attached hydrogens (primary N) is 1. The molecular weight excluding hydrogens is 168 g/mol. The predicted octanol–water partition coefficient (Wildman–Crippen LogP) is 0.772. The van der Waals surface area contributed by atoms with E-state index in [0.717, 1.165) is 19.0 Å². The van der Waals surface area contributed by atoms with Gasteiger partial charge in [-0.25, -0.2) is 0 Å². The number of hydrogen-bond donors (Lipinski definition) is 1. The summed E-state index contributed by atoms with van der Waals surface area (Å²) in [6, 6.07) is 0.476. The van der Waals surface area contributed by atoms with Crippen LogP contribution in [-0.4, -0.2) is 42.1 Å². The zero-order valence-electron chi connectivity index (χ0n) is 7.54. The topological polar surface area (TPSA) is 29.3 Å². The van der Waals surface area contributed by atoms with Crippen molar-refractivity contribution >= 4 is 11.8 Å². The first-order valence-electron chi connectivity index (χ1n) is 4.90. The van der Waals surface area contributed by atoms with Gasteiger partial charge in [0.25, 0.3) is 0 Å². The molecule has 2 rings (SSSR count). The lowest BCUT2D eigenvalue weighted by molar-refractivity contribution is 0.146. The third-order valence-electron chi connectivity index (χ3n) is 2.78. The summed E-state index contributed by atoms with van der Waals surface area (Å²) in [6.07, 6.45) is 2.83. The first-order chi connectivity index (χ1) is 5.84. The van der Waals surface area contributed by atoms with Crippen molar-refractivity contribution in [2.45, 2.75) is 18.9 Å².